The molecule has 3 N–H and O–H groups in total. The Morgan fingerprint density at radius 1 is 1.53 bits per heavy atom. The molecule has 0 aliphatic carbocycles. The lowest BCUT2D eigenvalue weighted by Gasteiger charge is -2.09. The lowest BCUT2D eigenvalue weighted by atomic mass is 10.4. The van der Waals surface area contributed by atoms with Gasteiger partial charge >= 0.3 is 0 Å². The number of nitrogens with one attached hydrogen (secondary N) is 2. The fourth-order valence-electron chi connectivity index (χ4n) is 0.828. The molecule has 1 aromatic heterocycles. The van der Waals surface area contributed by atoms with Crippen molar-refractivity contribution < 1.29 is 5.11 Å². The Balaban J connectivity index is 2.60. The van der Waals surface area contributed by atoms with Gasteiger partial charge in [0.2, 0.25) is 0 Å². The minimum absolute atomic E-state index is 0.00357. The lowest BCUT2D eigenvalue weighted by molar-refractivity contribution is 0.300. The summed E-state index contributed by atoms with van der Waals surface area (Å²) in [4.78, 5) is 3.96. The second-order valence-electron chi connectivity index (χ2n) is 2.59. The Bertz CT molecular complexity index is 362. The number of halogens is 2. The highest BCUT2D eigenvalue weighted by molar-refractivity contribution is 7.80. The Morgan fingerprint density at radius 2 is 2.27 bits per heavy atom. The van der Waals surface area contributed by atoms with Gasteiger partial charge in [0, 0.05) is 12.7 Å². The molecular formula is C8H9Cl2N3OS. The summed E-state index contributed by atoms with van der Waals surface area (Å²) in [6.45, 7) is 0.376. The van der Waals surface area contributed by atoms with E-state index < -0.39 is 0 Å². The van der Waals surface area contributed by atoms with Crippen LogP contribution in [-0.2, 0) is 0 Å². The van der Waals surface area contributed by atoms with Crippen LogP contribution in [-0.4, -0.2) is 28.4 Å². The minimum atomic E-state index is 0.00357. The Kier molecular flexibility index (Phi) is 5.04. The van der Waals surface area contributed by atoms with E-state index in [1.807, 2.05) is 0 Å². The first kappa shape index (κ1) is 12.4. The van der Waals surface area contributed by atoms with Crippen molar-refractivity contribution in [2.24, 2.45) is 0 Å². The van der Waals surface area contributed by atoms with E-state index >= 15 is 0 Å². The second kappa shape index (κ2) is 6.07. The summed E-state index contributed by atoms with van der Waals surface area (Å²) < 4.78 is 0. The van der Waals surface area contributed by atoms with Gasteiger partial charge in [0.05, 0.1) is 16.7 Å². The zero-order chi connectivity index (χ0) is 11.3. The molecule has 0 aromatic carbocycles. The van der Waals surface area contributed by atoms with Crippen LogP contribution in [0.3, 0.4) is 0 Å². The maximum atomic E-state index is 8.56. The van der Waals surface area contributed by atoms with Crippen molar-refractivity contribution in [3.8, 4) is 0 Å². The monoisotopic (exact) mass is 265 g/mol. The maximum absolute atomic E-state index is 8.56. The Morgan fingerprint density at radius 3 is 2.87 bits per heavy atom. The van der Waals surface area contributed by atoms with Crippen molar-refractivity contribution in [2.45, 2.75) is 0 Å². The van der Waals surface area contributed by atoms with Crippen molar-refractivity contribution >= 4 is 46.4 Å². The third kappa shape index (κ3) is 4.17. The highest BCUT2D eigenvalue weighted by Gasteiger charge is 2.04. The highest BCUT2D eigenvalue weighted by atomic mass is 35.5. The number of thiocarbonyl (C=S) groups is 1. The standard InChI is InChI=1S/C8H9Cl2N3OS/c9-5-3-6(10)7(12-4-5)13-8(15)11-1-2-14/h3-4,14H,1-2H2,(H2,11,12,13,15). The SMILES string of the molecule is OCCNC(=S)Nc1ncc(Cl)cc1Cl. The van der Waals surface area contributed by atoms with Gasteiger partial charge in [0.1, 0.15) is 0 Å². The quantitative estimate of drug-likeness (QED) is 0.726. The molecule has 0 saturated heterocycles. The minimum Gasteiger partial charge on any atom is -0.395 e. The molecule has 7 heteroatoms. The van der Waals surface area contributed by atoms with E-state index in [2.05, 4.69) is 15.6 Å². The summed E-state index contributed by atoms with van der Waals surface area (Å²) in [6.07, 6.45) is 1.46. The molecule has 82 valence electrons. The van der Waals surface area contributed by atoms with Crippen LogP contribution in [0.1, 0.15) is 0 Å². The third-order valence-electron chi connectivity index (χ3n) is 1.44. The highest BCUT2D eigenvalue weighted by Crippen LogP contribution is 2.22. The number of nitrogens with zero attached hydrogens (tertiary/aromatic N) is 1. The maximum Gasteiger partial charge on any atom is 0.172 e. The Hall–Kier alpha value is -0.620. The van der Waals surface area contributed by atoms with Gasteiger partial charge in [-0.1, -0.05) is 23.2 Å². The molecule has 0 spiro atoms. The lowest BCUT2D eigenvalue weighted by Crippen LogP contribution is -2.31. The molecule has 0 unspecified atom stereocenters. The van der Waals surface area contributed by atoms with Crippen LogP contribution in [0.2, 0.25) is 10.0 Å². The van der Waals surface area contributed by atoms with Gasteiger partial charge in [-0.25, -0.2) is 4.98 Å². The first-order chi connectivity index (χ1) is 7.13. The van der Waals surface area contributed by atoms with Crippen molar-refractivity contribution in [2.75, 3.05) is 18.5 Å². The number of aromatic nitrogens is 1. The predicted molar refractivity (Wildman–Crippen MR) is 65.6 cm³/mol. The molecule has 0 bridgehead atoms. The van der Waals surface area contributed by atoms with Crippen molar-refractivity contribution in [1.82, 2.24) is 10.3 Å². The van der Waals surface area contributed by atoms with E-state index in [9.17, 15) is 0 Å². The second-order valence-corrected chi connectivity index (χ2v) is 3.84. The number of hydrogen-bond donors (Lipinski definition) is 3. The molecule has 4 nitrogen and oxygen atoms in total. The molecule has 0 fully saturated rings. The number of aliphatic hydroxyl groups excluding tert-OH is 1. The average molecular weight is 266 g/mol. The van der Waals surface area contributed by atoms with Crippen molar-refractivity contribution in [3.05, 3.63) is 22.3 Å². The van der Waals surface area contributed by atoms with Crippen molar-refractivity contribution in [3.63, 3.8) is 0 Å². The summed E-state index contributed by atoms with van der Waals surface area (Å²) in [7, 11) is 0. The summed E-state index contributed by atoms with van der Waals surface area (Å²) in [6, 6.07) is 1.56. The van der Waals surface area contributed by atoms with Crippen LogP contribution in [0.15, 0.2) is 12.3 Å². The van der Waals surface area contributed by atoms with Crippen molar-refractivity contribution in [1.29, 1.82) is 0 Å². The molecule has 0 aliphatic rings. The summed E-state index contributed by atoms with van der Waals surface area (Å²) in [5.41, 5.74) is 0. The number of hydrogen-bond acceptors (Lipinski definition) is 3. The van der Waals surface area contributed by atoms with E-state index in [-0.39, 0.29) is 6.61 Å². The fourth-order valence-corrected chi connectivity index (χ4v) is 1.45. The third-order valence-corrected chi connectivity index (χ3v) is 2.18. The van der Waals surface area contributed by atoms with Gasteiger partial charge in [-0.2, -0.15) is 0 Å². The zero-order valence-electron chi connectivity index (χ0n) is 7.63. The molecule has 0 atom stereocenters. The van der Waals surface area contributed by atoms with Gasteiger partial charge in [0.25, 0.3) is 0 Å². The number of aliphatic hydroxyl groups is 1. The van der Waals surface area contributed by atoms with Crippen LogP contribution in [0, 0.1) is 0 Å². The van der Waals surface area contributed by atoms with E-state index in [1.165, 1.54) is 6.20 Å². The van der Waals surface area contributed by atoms with Crippen LogP contribution in [0.25, 0.3) is 0 Å². The molecule has 1 aromatic rings. The molecule has 0 aliphatic heterocycles. The summed E-state index contributed by atoms with van der Waals surface area (Å²) in [5.74, 6) is 0.427. The smallest absolute Gasteiger partial charge is 0.172 e. The molecule has 1 heterocycles. The first-order valence-corrected chi connectivity index (χ1v) is 5.26. The Labute approximate surface area is 103 Å². The average Bonchev–Trinajstić information content (AvgIpc) is 2.19. The molecule has 0 amide bonds. The molecule has 1 rings (SSSR count). The fraction of sp³-hybridized carbons (Fsp3) is 0.250. The van der Waals surface area contributed by atoms with Gasteiger partial charge in [-0.15, -0.1) is 0 Å². The number of rotatable bonds is 3. The van der Waals surface area contributed by atoms with Crippen LogP contribution < -0.4 is 10.6 Å². The van der Waals surface area contributed by atoms with Gasteiger partial charge in [0.15, 0.2) is 10.9 Å². The van der Waals surface area contributed by atoms with E-state index in [0.29, 0.717) is 27.5 Å². The largest absolute Gasteiger partial charge is 0.395 e. The normalized spacial score (nSPS) is 9.80. The van der Waals surface area contributed by atoms with Crippen LogP contribution in [0.5, 0.6) is 0 Å². The molecule has 0 saturated carbocycles. The van der Waals surface area contributed by atoms with E-state index in [0.717, 1.165) is 0 Å². The first-order valence-electron chi connectivity index (χ1n) is 4.10. The number of anilines is 1. The predicted octanol–water partition coefficient (Wildman–Crippen LogP) is 1.67. The molecular weight excluding hydrogens is 257 g/mol. The summed E-state index contributed by atoms with van der Waals surface area (Å²) >= 11 is 16.5. The van der Waals surface area contributed by atoms with Gasteiger partial charge < -0.3 is 15.7 Å². The molecule has 15 heavy (non-hydrogen) atoms. The zero-order valence-corrected chi connectivity index (χ0v) is 9.96. The van der Waals surface area contributed by atoms with Crippen LogP contribution in [0.4, 0.5) is 5.82 Å². The van der Waals surface area contributed by atoms with E-state index in [1.54, 1.807) is 6.07 Å². The van der Waals surface area contributed by atoms with E-state index in [4.69, 9.17) is 40.5 Å². The summed E-state index contributed by atoms with van der Waals surface area (Å²) in [5, 5.41) is 15.3. The van der Waals surface area contributed by atoms with Gasteiger partial charge in [-0.3, -0.25) is 0 Å². The number of pyridine rings is 1. The topological polar surface area (TPSA) is 57.2 Å². The van der Waals surface area contributed by atoms with Gasteiger partial charge in [-0.05, 0) is 18.3 Å². The van der Waals surface area contributed by atoms with Crippen LogP contribution >= 0.6 is 35.4 Å². The molecule has 0 radical (unpaired) electrons.